The van der Waals surface area contributed by atoms with Crippen molar-refractivity contribution in [3.63, 3.8) is 0 Å². The van der Waals surface area contributed by atoms with Crippen LogP contribution in [0.4, 0.5) is 0 Å². The number of nitrogens with one attached hydrogen (secondary N) is 1. The zero-order chi connectivity index (χ0) is 13.5. The maximum Gasteiger partial charge on any atom is 0.240 e. The van der Waals surface area contributed by atoms with Crippen LogP contribution in [-0.4, -0.2) is 12.1 Å². The quantitative estimate of drug-likeness (QED) is 0.659. The lowest BCUT2D eigenvalue weighted by Crippen LogP contribution is -2.17. The van der Waals surface area contributed by atoms with Gasteiger partial charge in [0, 0.05) is 16.2 Å². The Hall–Kier alpha value is -1.94. The Morgan fingerprint density at radius 1 is 1.26 bits per heavy atom. The molecule has 1 aromatic carbocycles. The molecule has 0 saturated heterocycles. The molecular formula is C15H16N2OS. The lowest BCUT2D eigenvalue weighted by Gasteiger charge is -2.00. The van der Waals surface area contributed by atoms with E-state index in [1.165, 1.54) is 4.88 Å². The summed E-state index contributed by atoms with van der Waals surface area (Å²) in [5.74, 6) is -0.0617. The minimum Gasteiger partial charge on any atom is -0.273 e. The average molecular weight is 272 g/mol. The van der Waals surface area contributed by atoms with Crippen molar-refractivity contribution < 1.29 is 4.79 Å². The molecule has 1 amide bonds. The number of carbonyl (C=O) groups excluding carboxylic acids is 1. The minimum absolute atomic E-state index is 0.0617. The SMILES string of the molecule is Cc1ccc(/C=N/NC(=O)CCc2ccccc2)s1. The highest BCUT2D eigenvalue weighted by Gasteiger charge is 2.00. The van der Waals surface area contributed by atoms with E-state index in [1.807, 2.05) is 49.4 Å². The van der Waals surface area contributed by atoms with E-state index in [0.717, 1.165) is 16.9 Å². The molecule has 1 N–H and O–H groups in total. The van der Waals surface area contributed by atoms with E-state index in [2.05, 4.69) is 10.5 Å². The molecule has 4 heteroatoms. The van der Waals surface area contributed by atoms with Crippen molar-refractivity contribution in [1.82, 2.24) is 5.43 Å². The first kappa shape index (κ1) is 13.5. The highest BCUT2D eigenvalue weighted by Crippen LogP contribution is 2.12. The van der Waals surface area contributed by atoms with Gasteiger partial charge in [-0.1, -0.05) is 30.3 Å². The molecule has 0 radical (unpaired) electrons. The number of carbonyl (C=O) groups is 1. The number of nitrogens with zero attached hydrogens (tertiary/aromatic N) is 1. The number of hydrogen-bond donors (Lipinski definition) is 1. The summed E-state index contributed by atoms with van der Waals surface area (Å²) in [5.41, 5.74) is 3.71. The van der Waals surface area contributed by atoms with Crippen molar-refractivity contribution in [1.29, 1.82) is 0 Å². The van der Waals surface area contributed by atoms with Crippen LogP contribution in [0.25, 0.3) is 0 Å². The number of thiophene rings is 1. The molecule has 0 aliphatic heterocycles. The summed E-state index contributed by atoms with van der Waals surface area (Å²) in [5, 5.41) is 3.95. The van der Waals surface area contributed by atoms with Crippen molar-refractivity contribution in [2.45, 2.75) is 19.8 Å². The summed E-state index contributed by atoms with van der Waals surface area (Å²) in [6, 6.07) is 14.0. The van der Waals surface area contributed by atoms with Crippen molar-refractivity contribution in [2.75, 3.05) is 0 Å². The molecule has 3 nitrogen and oxygen atoms in total. The third-order valence-electron chi connectivity index (χ3n) is 2.63. The molecule has 0 bridgehead atoms. The standard InChI is InChI=1S/C15H16N2OS/c1-12-7-9-14(19-12)11-16-17-15(18)10-8-13-5-3-2-4-6-13/h2-7,9,11H,8,10H2,1H3,(H,17,18)/b16-11+. The molecule has 0 spiro atoms. The second kappa shape index (κ2) is 6.85. The summed E-state index contributed by atoms with van der Waals surface area (Å²) in [4.78, 5) is 13.9. The van der Waals surface area contributed by atoms with Gasteiger partial charge >= 0.3 is 0 Å². The molecule has 0 aliphatic carbocycles. The van der Waals surface area contributed by atoms with Gasteiger partial charge in [0.05, 0.1) is 6.21 Å². The van der Waals surface area contributed by atoms with Gasteiger partial charge in [-0.2, -0.15) is 5.10 Å². The largest absolute Gasteiger partial charge is 0.273 e. The molecule has 1 heterocycles. The van der Waals surface area contributed by atoms with Crippen molar-refractivity contribution in [2.24, 2.45) is 5.10 Å². The van der Waals surface area contributed by atoms with E-state index in [9.17, 15) is 4.79 Å². The van der Waals surface area contributed by atoms with Gasteiger partial charge < -0.3 is 0 Å². The fourth-order valence-corrected chi connectivity index (χ4v) is 2.40. The van der Waals surface area contributed by atoms with Crippen LogP contribution in [-0.2, 0) is 11.2 Å². The van der Waals surface area contributed by atoms with E-state index in [4.69, 9.17) is 0 Å². The molecule has 19 heavy (non-hydrogen) atoms. The Kier molecular flexibility index (Phi) is 4.86. The first-order valence-corrected chi connectivity index (χ1v) is 6.98. The summed E-state index contributed by atoms with van der Waals surface area (Å²) < 4.78 is 0. The minimum atomic E-state index is -0.0617. The van der Waals surface area contributed by atoms with E-state index < -0.39 is 0 Å². The fraction of sp³-hybridized carbons (Fsp3) is 0.200. The van der Waals surface area contributed by atoms with Crippen LogP contribution in [0, 0.1) is 6.92 Å². The predicted octanol–water partition coefficient (Wildman–Crippen LogP) is 3.14. The molecule has 0 saturated carbocycles. The predicted molar refractivity (Wildman–Crippen MR) is 79.6 cm³/mol. The Labute approximate surface area is 117 Å². The summed E-state index contributed by atoms with van der Waals surface area (Å²) in [7, 11) is 0. The van der Waals surface area contributed by atoms with Gasteiger partial charge in [-0.25, -0.2) is 5.43 Å². The van der Waals surface area contributed by atoms with Crippen molar-refractivity contribution in [3.8, 4) is 0 Å². The first-order chi connectivity index (χ1) is 9.24. The highest BCUT2D eigenvalue weighted by atomic mass is 32.1. The van der Waals surface area contributed by atoms with Crippen molar-refractivity contribution in [3.05, 3.63) is 57.8 Å². The van der Waals surface area contributed by atoms with Crippen LogP contribution in [0.15, 0.2) is 47.6 Å². The van der Waals surface area contributed by atoms with Crippen LogP contribution in [0.2, 0.25) is 0 Å². The van der Waals surface area contributed by atoms with Crippen LogP contribution in [0.3, 0.4) is 0 Å². The fourth-order valence-electron chi connectivity index (χ4n) is 1.65. The molecular weight excluding hydrogens is 256 g/mol. The molecule has 2 rings (SSSR count). The Balaban J connectivity index is 1.74. The topological polar surface area (TPSA) is 41.5 Å². The molecule has 0 aliphatic rings. The summed E-state index contributed by atoms with van der Waals surface area (Å²) in [6.07, 6.45) is 2.86. The third-order valence-corrected chi connectivity index (χ3v) is 3.56. The van der Waals surface area contributed by atoms with Gasteiger partial charge in [0.1, 0.15) is 0 Å². The summed E-state index contributed by atoms with van der Waals surface area (Å²) >= 11 is 1.65. The zero-order valence-corrected chi connectivity index (χ0v) is 11.6. The van der Waals surface area contributed by atoms with Crippen LogP contribution in [0.5, 0.6) is 0 Å². The van der Waals surface area contributed by atoms with E-state index >= 15 is 0 Å². The van der Waals surface area contributed by atoms with E-state index in [-0.39, 0.29) is 5.91 Å². The first-order valence-electron chi connectivity index (χ1n) is 6.16. The van der Waals surface area contributed by atoms with Crippen LogP contribution >= 0.6 is 11.3 Å². The molecule has 1 aromatic heterocycles. The smallest absolute Gasteiger partial charge is 0.240 e. The number of hydrazone groups is 1. The molecule has 0 atom stereocenters. The number of benzene rings is 1. The Morgan fingerprint density at radius 3 is 2.74 bits per heavy atom. The van der Waals surface area contributed by atoms with Gasteiger partial charge in [0.15, 0.2) is 0 Å². The number of amides is 1. The molecule has 2 aromatic rings. The molecule has 98 valence electrons. The van der Waals surface area contributed by atoms with Gasteiger partial charge in [0.25, 0.3) is 0 Å². The normalized spacial score (nSPS) is 10.8. The average Bonchev–Trinajstić information content (AvgIpc) is 2.83. The molecule has 0 fully saturated rings. The number of hydrogen-bond acceptors (Lipinski definition) is 3. The summed E-state index contributed by atoms with van der Waals surface area (Å²) in [6.45, 7) is 2.04. The van der Waals surface area contributed by atoms with Gasteiger partial charge in [-0.15, -0.1) is 11.3 Å². The maximum absolute atomic E-state index is 11.6. The lowest BCUT2D eigenvalue weighted by atomic mass is 10.1. The Morgan fingerprint density at radius 2 is 2.05 bits per heavy atom. The van der Waals surface area contributed by atoms with Gasteiger partial charge in [0.2, 0.25) is 5.91 Å². The third kappa shape index (κ3) is 4.67. The number of aryl methyl sites for hydroxylation is 2. The second-order valence-corrected chi connectivity index (χ2v) is 5.55. The van der Waals surface area contributed by atoms with Gasteiger partial charge in [-0.3, -0.25) is 4.79 Å². The lowest BCUT2D eigenvalue weighted by molar-refractivity contribution is -0.121. The van der Waals surface area contributed by atoms with Crippen molar-refractivity contribution >= 4 is 23.5 Å². The zero-order valence-electron chi connectivity index (χ0n) is 10.8. The monoisotopic (exact) mass is 272 g/mol. The highest BCUT2D eigenvalue weighted by molar-refractivity contribution is 7.13. The van der Waals surface area contributed by atoms with E-state index in [1.54, 1.807) is 17.6 Å². The Bertz CT molecular complexity index is 561. The second-order valence-electron chi connectivity index (χ2n) is 4.23. The number of rotatable bonds is 5. The molecule has 0 unspecified atom stereocenters. The van der Waals surface area contributed by atoms with Crippen LogP contribution < -0.4 is 5.43 Å². The van der Waals surface area contributed by atoms with Gasteiger partial charge in [-0.05, 0) is 31.0 Å². The maximum atomic E-state index is 11.6. The van der Waals surface area contributed by atoms with E-state index in [0.29, 0.717) is 6.42 Å². The van der Waals surface area contributed by atoms with Crippen LogP contribution in [0.1, 0.15) is 21.7 Å².